The number of fused-ring (bicyclic) bond motifs is 1. The van der Waals surface area contributed by atoms with Crippen LogP contribution in [-0.2, 0) is 0 Å². The van der Waals surface area contributed by atoms with E-state index in [0.29, 0.717) is 46.1 Å². The van der Waals surface area contributed by atoms with E-state index < -0.39 is 6.04 Å². The molecular weight excluding hydrogens is 464 g/mol. The van der Waals surface area contributed by atoms with Gasteiger partial charge in [0.2, 0.25) is 5.96 Å². The summed E-state index contributed by atoms with van der Waals surface area (Å²) in [7, 11) is 0. The summed E-state index contributed by atoms with van der Waals surface area (Å²) in [6.45, 7) is 6.22. The maximum absolute atomic E-state index is 9.46. The quantitative estimate of drug-likeness (QED) is 0.274. The molecule has 0 spiro atoms. The summed E-state index contributed by atoms with van der Waals surface area (Å²) < 4.78 is 12.1. The van der Waals surface area contributed by atoms with Gasteiger partial charge in [-0.3, -0.25) is 5.32 Å². The van der Waals surface area contributed by atoms with Crippen LogP contribution in [0.15, 0.2) is 34.3 Å². The van der Waals surface area contributed by atoms with Gasteiger partial charge in [-0.25, -0.2) is 9.98 Å². The molecule has 1 aliphatic rings. The Hall–Kier alpha value is -3.96. The number of aromatic nitrogens is 1. The number of hydrogen-bond donors (Lipinski definition) is 4. The molecule has 0 saturated carbocycles. The second-order valence-electron chi connectivity index (χ2n) is 6.26. The molecule has 0 amide bonds. The smallest absolute Gasteiger partial charge is 0.211 e. The van der Waals surface area contributed by atoms with Gasteiger partial charge in [-0.1, -0.05) is 12.7 Å². The number of guanidine groups is 1. The second kappa shape index (κ2) is 9.24. The largest absolute Gasteiger partial charge is 0.490 e. The van der Waals surface area contributed by atoms with E-state index >= 15 is 0 Å². The van der Waals surface area contributed by atoms with Gasteiger partial charge in [-0.15, -0.1) is 0 Å². The standard InChI is InChI=1S/C20H19BrN8O2/c1-3-5-31-17-12(21)6-10(7-13(17)30-4-2)16-14-15(24)11(8-22)18(25)28-19(14)29-20(27-16)26-9-23/h3,6-7,16H,1,4-5H2,2H3,(H6,24,25,26,27,28,29). The van der Waals surface area contributed by atoms with E-state index in [4.69, 9.17) is 26.2 Å². The number of nitrogen functional groups attached to an aromatic ring is 2. The fraction of sp³-hybridized carbons (Fsp3) is 0.200. The SMILES string of the molecule is C=CCOc1c(Br)cc(C2N=C(NC#N)Nc3nc(N)c(C#N)c(N)c32)cc1OCC. The molecular formula is C20H19BrN8O2. The van der Waals surface area contributed by atoms with Crippen LogP contribution < -0.4 is 31.6 Å². The highest BCUT2D eigenvalue weighted by atomic mass is 79.9. The maximum Gasteiger partial charge on any atom is 0.211 e. The number of aliphatic imine (C=N–C) groups is 1. The fourth-order valence-corrected chi connectivity index (χ4v) is 3.69. The number of rotatable bonds is 6. The number of nitrogens with one attached hydrogen (secondary N) is 2. The number of nitrogens with two attached hydrogens (primary N) is 2. The van der Waals surface area contributed by atoms with Crippen molar-refractivity contribution in [3.8, 4) is 23.8 Å². The zero-order chi connectivity index (χ0) is 22.5. The normalized spacial score (nSPS) is 14.2. The molecule has 1 unspecified atom stereocenters. The van der Waals surface area contributed by atoms with Crippen LogP contribution >= 0.6 is 15.9 Å². The van der Waals surface area contributed by atoms with E-state index in [1.807, 2.05) is 19.2 Å². The van der Waals surface area contributed by atoms with Gasteiger partial charge in [-0.2, -0.15) is 10.5 Å². The first-order chi connectivity index (χ1) is 14.9. The molecule has 31 heavy (non-hydrogen) atoms. The molecule has 1 aliphatic heterocycles. The van der Waals surface area contributed by atoms with Crippen molar-refractivity contribution in [3.63, 3.8) is 0 Å². The number of benzene rings is 1. The van der Waals surface area contributed by atoms with Crippen molar-refractivity contribution < 1.29 is 9.47 Å². The van der Waals surface area contributed by atoms with Crippen molar-refractivity contribution in [1.29, 1.82) is 10.5 Å². The van der Waals surface area contributed by atoms with Gasteiger partial charge >= 0.3 is 0 Å². The summed E-state index contributed by atoms with van der Waals surface area (Å²) in [5, 5.41) is 23.8. The Labute approximate surface area is 187 Å². The fourth-order valence-electron chi connectivity index (χ4n) is 3.11. The number of halogens is 1. The van der Waals surface area contributed by atoms with Crippen molar-refractivity contribution >= 4 is 39.2 Å². The molecule has 6 N–H and O–H groups in total. The molecule has 3 rings (SSSR count). The number of pyridine rings is 1. The first kappa shape index (κ1) is 21.7. The molecule has 11 heteroatoms. The second-order valence-corrected chi connectivity index (χ2v) is 7.12. The van der Waals surface area contributed by atoms with Crippen LogP contribution in [-0.4, -0.2) is 24.2 Å². The van der Waals surface area contributed by atoms with Crippen LogP contribution in [0.25, 0.3) is 0 Å². The van der Waals surface area contributed by atoms with Crippen LogP contribution in [0.5, 0.6) is 11.5 Å². The molecule has 1 aromatic heterocycles. The van der Waals surface area contributed by atoms with Gasteiger partial charge < -0.3 is 26.3 Å². The maximum atomic E-state index is 9.46. The average Bonchev–Trinajstić information content (AvgIpc) is 2.73. The summed E-state index contributed by atoms with van der Waals surface area (Å²) in [6, 6.07) is 4.85. The molecule has 0 aliphatic carbocycles. The Bertz CT molecular complexity index is 1150. The number of hydrogen-bond acceptors (Lipinski definition) is 10. The molecule has 0 saturated heterocycles. The first-order valence-electron chi connectivity index (χ1n) is 9.13. The molecule has 2 heterocycles. The number of anilines is 3. The van der Waals surface area contributed by atoms with Crippen molar-refractivity contribution in [2.75, 3.05) is 30.0 Å². The molecule has 1 aromatic carbocycles. The average molecular weight is 483 g/mol. The topological polar surface area (TPSA) is 167 Å². The van der Waals surface area contributed by atoms with E-state index in [2.05, 4.69) is 43.1 Å². The lowest BCUT2D eigenvalue weighted by Gasteiger charge is -2.27. The molecule has 0 radical (unpaired) electrons. The summed E-state index contributed by atoms with van der Waals surface area (Å²) in [5.41, 5.74) is 13.5. The number of ether oxygens (including phenoxy) is 2. The summed E-state index contributed by atoms with van der Waals surface area (Å²) in [6.07, 6.45) is 3.45. The summed E-state index contributed by atoms with van der Waals surface area (Å²) in [4.78, 5) is 8.80. The third-order valence-corrected chi connectivity index (χ3v) is 4.94. The van der Waals surface area contributed by atoms with E-state index in [-0.39, 0.29) is 23.0 Å². The highest BCUT2D eigenvalue weighted by molar-refractivity contribution is 9.10. The lowest BCUT2D eigenvalue weighted by molar-refractivity contribution is 0.295. The number of nitrogens with zero attached hydrogens (tertiary/aromatic N) is 4. The molecule has 0 fully saturated rings. The van der Waals surface area contributed by atoms with Gasteiger partial charge in [0.1, 0.15) is 35.9 Å². The van der Waals surface area contributed by atoms with Gasteiger partial charge in [0.25, 0.3) is 0 Å². The molecule has 158 valence electrons. The van der Waals surface area contributed by atoms with Crippen LogP contribution in [0.1, 0.15) is 29.7 Å². The van der Waals surface area contributed by atoms with E-state index in [0.717, 1.165) is 0 Å². The van der Waals surface area contributed by atoms with Crippen molar-refractivity contribution in [1.82, 2.24) is 10.3 Å². The predicted molar refractivity (Wildman–Crippen MR) is 120 cm³/mol. The minimum atomic E-state index is -0.698. The molecule has 1 atom stereocenters. The van der Waals surface area contributed by atoms with Crippen LogP contribution in [0.2, 0.25) is 0 Å². The van der Waals surface area contributed by atoms with Gasteiger partial charge in [0.05, 0.1) is 16.8 Å². The van der Waals surface area contributed by atoms with E-state index in [9.17, 15) is 5.26 Å². The highest BCUT2D eigenvalue weighted by Crippen LogP contribution is 2.45. The summed E-state index contributed by atoms with van der Waals surface area (Å²) in [5.74, 6) is 1.44. The molecule has 2 aromatic rings. The Balaban J connectivity index is 2.23. The molecule has 0 bridgehead atoms. The van der Waals surface area contributed by atoms with Crippen LogP contribution in [0.3, 0.4) is 0 Å². The third kappa shape index (κ3) is 4.17. The van der Waals surface area contributed by atoms with Crippen molar-refractivity contribution in [3.05, 3.63) is 46.0 Å². The van der Waals surface area contributed by atoms with E-state index in [1.165, 1.54) is 0 Å². The Kier molecular flexibility index (Phi) is 6.48. The molecule has 10 nitrogen and oxygen atoms in total. The Morgan fingerprint density at radius 1 is 1.35 bits per heavy atom. The van der Waals surface area contributed by atoms with E-state index in [1.54, 1.807) is 18.2 Å². The predicted octanol–water partition coefficient (Wildman–Crippen LogP) is 2.79. The zero-order valence-corrected chi connectivity index (χ0v) is 18.2. The van der Waals surface area contributed by atoms with Gasteiger partial charge in [-0.05, 0) is 40.5 Å². The monoisotopic (exact) mass is 482 g/mol. The Morgan fingerprint density at radius 3 is 2.77 bits per heavy atom. The lowest BCUT2D eigenvalue weighted by Crippen LogP contribution is -2.32. The lowest BCUT2D eigenvalue weighted by atomic mass is 9.95. The third-order valence-electron chi connectivity index (χ3n) is 4.35. The van der Waals surface area contributed by atoms with Crippen molar-refractivity contribution in [2.45, 2.75) is 13.0 Å². The minimum Gasteiger partial charge on any atom is -0.490 e. The van der Waals surface area contributed by atoms with Crippen LogP contribution in [0.4, 0.5) is 17.3 Å². The number of nitriles is 2. The first-order valence-corrected chi connectivity index (χ1v) is 9.93. The van der Waals surface area contributed by atoms with Crippen molar-refractivity contribution in [2.24, 2.45) is 4.99 Å². The minimum absolute atomic E-state index is 0.0208. The highest BCUT2D eigenvalue weighted by Gasteiger charge is 2.31. The zero-order valence-electron chi connectivity index (χ0n) is 16.6. The van der Waals surface area contributed by atoms with Gasteiger partial charge in [0.15, 0.2) is 17.7 Å². The Morgan fingerprint density at radius 2 is 2.13 bits per heavy atom. The summed E-state index contributed by atoms with van der Waals surface area (Å²) >= 11 is 3.52. The van der Waals surface area contributed by atoms with Gasteiger partial charge in [0, 0.05) is 5.56 Å². The van der Waals surface area contributed by atoms with Crippen LogP contribution in [0, 0.1) is 22.8 Å².